The Morgan fingerprint density at radius 1 is 0.897 bits per heavy atom. The van der Waals surface area contributed by atoms with Gasteiger partial charge in [0, 0.05) is 17.3 Å². The van der Waals surface area contributed by atoms with Gasteiger partial charge in [0.1, 0.15) is 0 Å². The lowest BCUT2D eigenvalue weighted by Crippen LogP contribution is -2.07. The lowest BCUT2D eigenvalue weighted by atomic mass is 10.2. The molecule has 0 aliphatic heterocycles. The van der Waals surface area contributed by atoms with Gasteiger partial charge in [-0.1, -0.05) is 30.3 Å². The van der Waals surface area contributed by atoms with E-state index in [0.717, 1.165) is 5.56 Å². The molecule has 1 amide bonds. The molecule has 0 radical (unpaired) electrons. The predicted molar refractivity (Wildman–Crippen MR) is 111 cm³/mol. The summed E-state index contributed by atoms with van der Waals surface area (Å²) >= 11 is 0. The normalized spacial score (nSPS) is 10.9. The fraction of sp³-hybridized carbons (Fsp3) is 0. The minimum absolute atomic E-state index is 0.400. The third-order valence-electron chi connectivity index (χ3n) is 3.76. The minimum Gasteiger partial charge on any atom is -0.399 e. The molecule has 7 nitrogen and oxygen atoms in total. The Kier molecular flexibility index (Phi) is 6.46. The molecule has 0 heterocycles. The van der Waals surface area contributed by atoms with Crippen LogP contribution in [0.4, 0.5) is 17.1 Å². The number of azo groups is 1. The molecule has 0 saturated heterocycles. The van der Waals surface area contributed by atoms with Gasteiger partial charge in [0.15, 0.2) is 0 Å². The van der Waals surface area contributed by atoms with E-state index in [1.54, 1.807) is 54.6 Å². The first kappa shape index (κ1) is 19.5. The zero-order chi connectivity index (χ0) is 20.5. The topological polar surface area (TPSA) is 106 Å². The molecule has 3 aromatic carbocycles. The Morgan fingerprint density at radius 3 is 2.28 bits per heavy atom. The number of nitrogens with zero attached hydrogens (tertiary/aromatic N) is 2. The maximum Gasteiger partial charge on any atom is 0.355 e. The molecule has 3 rings (SSSR count). The number of benzene rings is 3. The van der Waals surface area contributed by atoms with Crippen LogP contribution in [0, 0.1) is 0 Å². The Labute approximate surface area is 167 Å². The molecule has 3 aromatic rings. The molecule has 0 unspecified atom stereocenters. The zero-order valence-corrected chi connectivity index (χ0v) is 15.4. The minimum atomic E-state index is -0.535. The van der Waals surface area contributed by atoms with Crippen LogP contribution in [0.25, 0.3) is 6.08 Å². The van der Waals surface area contributed by atoms with Gasteiger partial charge in [-0.05, 0) is 60.2 Å². The first-order valence-electron chi connectivity index (χ1n) is 8.72. The molecule has 144 valence electrons. The van der Waals surface area contributed by atoms with Crippen LogP contribution in [0.1, 0.15) is 15.9 Å². The van der Waals surface area contributed by atoms with Crippen LogP contribution in [0.15, 0.2) is 95.2 Å². The summed E-state index contributed by atoms with van der Waals surface area (Å²) < 4.78 is 0. The Balaban J connectivity index is 1.50. The summed E-state index contributed by atoms with van der Waals surface area (Å²) in [5, 5.41) is 7.58. The zero-order valence-electron chi connectivity index (χ0n) is 15.4. The first-order chi connectivity index (χ1) is 14.1. The van der Waals surface area contributed by atoms with Gasteiger partial charge in [0.25, 0.3) is 5.91 Å². The fourth-order valence-corrected chi connectivity index (χ4v) is 2.25. The maximum atomic E-state index is 12.0. The second-order valence-corrected chi connectivity index (χ2v) is 5.94. The Bertz CT molecular complexity index is 1030. The SMILES string of the molecule is Nc1ccc(C(=O)N=Nc2ccc(NOC(=O)C=Cc3ccccc3)cc2)cc1. The lowest BCUT2D eigenvalue weighted by Gasteiger charge is -2.04. The summed E-state index contributed by atoms with van der Waals surface area (Å²) in [7, 11) is 0. The predicted octanol–water partition coefficient (Wildman–Crippen LogP) is 4.78. The number of nitrogens with one attached hydrogen (secondary N) is 1. The third-order valence-corrected chi connectivity index (χ3v) is 3.76. The largest absolute Gasteiger partial charge is 0.399 e. The van der Waals surface area contributed by atoms with Crippen LogP contribution in [0.3, 0.4) is 0 Å². The van der Waals surface area contributed by atoms with Crippen molar-refractivity contribution in [3.63, 3.8) is 0 Å². The van der Waals surface area contributed by atoms with Crippen molar-refractivity contribution in [2.45, 2.75) is 0 Å². The van der Waals surface area contributed by atoms with Crippen molar-refractivity contribution < 1.29 is 14.4 Å². The van der Waals surface area contributed by atoms with Crippen LogP contribution in [0.5, 0.6) is 0 Å². The number of hydrogen-bond donors (Lipinski definition) is 2. The van der Waals surface area contributed by atoms with Crippen molar-refractivity contribution in [3.05, 3.63) is 96.1 Å². The summed E-state index contributed by atoms with van der Waals surface area (Å²) in [4.78, 5) is 28.7. The van der Waals surface area contributed by atoms with Gasteiger partial charge in [-0.25, -0.2) is 10.3 Å². The maximum absolute atomic E-state index is 12.0. The second kappa shape index (κ2) is 9.61. The Hall–Kier alpha value is -4.26. The quantitative estimate of drug-likeness (QED) is 0.274. The van der Waals surface area contributed by atoms with Crippen LogP contribution in [0.2, 0.25) is 0 Å². The number of hydrogen-bond acceptors (Lipinski definition) is 6. The molecule has 7 heteroatoms. The summed E-state index contributed by atoms with van der Waals surface area (Å²) in [5.41, 5.74) is 11.0. The molecule has 29 heavy (non-hydrogen) atoms. The van der Waals surface area contributed by atoms with Crippen LogP contribution >= 0.6 is 0 Å². The van der Waals surface area contributed by atoms with E-state index < -0.39 is 11.9 Å². The third kappa shape index (κ3) is 6.14. The average molecular weight is 386 g/mol. The number of amides is 1. The molecule has 0 saturated carbocycles. The molecular weight excluding hydrogens is 368 g/mol. The average Bonchev–Trinajstić information content (AvgIpc) is 2.76. The number of nitrogen functional groups attached to an aromatic ring is 1. The van der Waals surface area contributed by atoms with Crippen LogP contribution in [-0.2, 0) is 9.63 Å². The van der Waals surface area contributed by atoms with Gasteiger partial charge in [0.2, 0.25) is 0 Å². The standard InChI is InChI=1S/C22H18N4O3/c23-18-9-7-17(8-10-18)22(28)25-24-19-11-13-20(14-12-19)26-29-21(27)15-6-16-4-2-1-3-5-16/h1-15,26H,23H2. The highest BCUT2D eigenvalue weighted by Gasteiger charge is 2.04. The van der Waals surface area contributed by atoms with Gasteiger partial charge in [-0.3, -0.25) is 4.79 Å². The number of nitrogens with two attached hydrogens (primary N) is 1. The molecular formula is C22H18N4O3. The highest BCUT2D eigenvalue weighted by molar-refractivity contribution is 5.95. The molecule has 0 bridgehead atoms. The van der Waals surface area contributed by atoms with E-state index in [1.165, 1.54) is 6.08 Å². The number of carbonyl (C=O) groups is 2. The molecule has 0 aliphatic carbocycles. The van der Waals surface area contributed by atoms with Crippen LogP contribution in [-0.4, -0.2) is 11.9 Å². The van der Waals surface area contributed by atoms with Crippen molar-refractivity contribution in [1.29, 1.82) is 0 Å². The molecule has 0 aliphatic rings. The highest BCUT2D eigenvalue weighted by atomic mass is 16.7. The first-order valence-corrected chi connectivity index (χ1v) is 8.72. The van der Waals surface area contributed by atoms with Gasteiger partial charge in [-0.15, -0.1) is 10.2 Å². The molecule has 0 fully saturated rings. The van der Waals surface area contributed by atoms with E-state index in [2.05, 4.69) is 15.7 Å². The van der Waals surface area contributed by atoms with E-state index in [-0.39, 0.29) is 0 Å². The van der Waals surface area contributed by atoms with Crippen molar-refractivity contribution in [2.24, 2.45) is 10.2 Å². The molecule has 0 spiro atoms. The number of rotatable bonds is 6. The van der Waals surface area contributed by atoms with Gasteiger partial charge in [-0.2, -0.15) is 0 Å². The van der Waals surface area contributed by atoms with Crippen molar-refractivity contribution in [1.82, 2.24) is 0 Å². The number of carbonyl (C=O) groups excluding carboxylic acids is 2. The van der Waals surface area contributed by atoms with Crippen molar-refractivity contribution in [3.8, 4) is 0 Å². The smallest absolute Gasteiger partial charge is 0.355 e. The summed E-state index contributed by atoms with van der Waals surface area (Å²) in [6.45, 7) is 0. The van der Waals surface area contributed by atoms with Crippen molar-refractivity contribution in [2.75, 3.05) is 11.2 Å². The van der Waals surface area contributed by atoms with E-state index in [4.69, 9.17) is 10.6 Å². The van der Waals surface area contributed by atoms with E-state index in [9.17, 15) is 9.59 Å². The summed E-state index contributed by atoms with van der Waals surface area (Å²) in [6, 6.07) is 22.4. The highest BCUT2D eigenvalue weighted by Crippen LogP contribution is 2.17. The molecule has 0 aromatic heterocycles. The summed E-state index contributed by atoms with van der Waals surface area (Å²) in [5.74, 6) is -1.00. The van der Waals surface area contributed by atoms with E-state index in [0.29, 0.717) is 22.6 Å². The van der Waals surface area contributed by atoms with Crippen LogP contribution < -0.4 is 11.2 Å². The molecule has 0 atom stereocenters. The van der Waals surface area contributed by atoms with E-state index >= 15 is 0 Å². The summed E-state index contributed by atoms with van der Waals surface area (Å²) in [6.07, 6.45) is 2.99. The van der Waals surface area contributed by atoms with Gasteiger partial charge in [0.05, 0.1) is 11.4 Å². The van der Waals surface area contributed by atoms with E-state index in [1.807, 2.05) is 30.3 Å². The van der Waals surface area contributed by atoms with Gasteiger partial charge >= 0.3 is 5.97 Å². The number of anilines is 2. The fourth-order valence-electron chi connectivity index (χ4n) is 2.25. The lowest BCUT2D eigenvalue weighted by molar-refractivity contribution is -0.134. The monoisotopic (exact) mass is 386 g/mol. The second-order valence-electron chi connectivity index (χ2n) is 5.94. The Morgan fingerprint density at radius 2 is 1.59 bits per heavy atom. The molecule has 3 N–H and O–H groups in total. The van der Waals surface area contributed by atoms with Gasteiger partial charge < -0.3 is 10.6 Å². The van der Waals surface area contributed by atoms with Crippen molar-refractivity contribution >= 4 is 35.0 Å².